The van der Waals surface area contributed by atoms with Crippen molar-refractivity contribution in [3.05, 3.63) is 23.9 Å². The molecule has 0 unspecified atom stereocenters. The molecule has 1 rings (SSSR count). The standard InChI is InChI=1S/C11H20N4/c1-15(2)7-3-6-13-11-5-4-10(8-12)9-14-11/h4-5,9H,3,6-8,12H2,1-2H3,(H,13,14). The number of rotatable bonds is 6. The molecule has 0 spiro atoms. The van der Waals surface area contributed by atoms with Crippen LogP contribution in [0.2, 0.25) is 0 Å². The van der Waals surface area contributed by atoms with Gasteiger partial charge in [-0.3, -0.25) is 0 Å². The number of nitrogens with one attached hydrogen (secondary N) is 1. The first kappa shape index (κ1) is 11.9. The Morgan fingerprint density at radius 2 is 2.20 bits per heavy atom. The van der Waals surface area contributed by atoms with Gasteiger partial charge < -0.3 is 16.0 Å². The van der Waals surface area contributed by atoms with Gasteiger partial charge in [-0.1, -0.05) is 6.07 Å². The third-order valence-electron chi connectivity index (χ3n) is 2.15. The Bertz CT molecular complexity index is 268. The number of anilines is 1. The van der Waals surface area contributed by atoms with E-state index in [4.69, 9.17) is 5.73 Å². The fourth-order valence-corrected chi connectivity index (χ4v) is 1.26. The van der Waals surface area contributed by atoms with Crippen LogP contribution in [0.15, 0.2) is 18.3 Å². The molecule has 0 atom stereocenters. The number of hydrogen-bond donors (Lipinski definition) is 2. The Morgan fingerprint density at radius 3 is 2.73 bits per heavy atom. The molecule has 0 saturated heterocycles. The molecular weight excluding hydrogens is 188 g/mol. The van der Waals surface area contributed by atoms with Crippen molar-refractivity contribution in [2.24, 2.45) is 5.73 Å². The predicted molar refractivity (Wildman–Crippen MR) is 63.8 cm³/mol. The van der Waals surface area contributed by atoms with E-state index < -0.39 is 0 Å². The Morgan fingerprint density at radius 1 is 1.40 bits per heavy atom. The quantitative estimate of drug-likeness (QED) is 0.682. The maximum absolute atomic E-state index is 5.49. The van der Waals surface area contributed by atoms with Crippen molar-refractivity contribution in [2.45, 2.75) is 13.0 Å². The molecule has 0 aliphatic rings. The van der Waals surface area contributed by atoms with Crippen molar-refractivity contribution in [3.8, 4) is 0 Å². The van der Waals surface area contributed by atoms with E-state index in [0.29, 0.717) is 6.54 Å². The topological polar surface area (TPSA) is 54.2 Å². The van der Waals surface area contributed by atoms with Gasteiger partial charge in [0, 0.05) is 19.3 Å². The molecule has 15 heavy (non-hydrogen) atoms. The van der Waals surface area contributed by atoms with Gasteiger partial charge in [-0.05, 0) is 38.7 Å². The first-order chi connectivity index (χ1) is 7.22. The Balaban J connectivity index is 2.25. The van der Waals surface area contributed by atoms with Gasteiger partial charge >= 0.3 is 0 Å². The molecule has 1 aromatic rings. The van der Waals surface area contributed by atoms with E-state index in [9.17, 15) is 0 Å². The van der Waals surface area contributed by atoms with Crippen LogP contribution < -0.4 is 11.1 Å². The number of nitrogens with zero attached hydrogens (tertiary/aromatic N) is 2. The van der Waals surface area contributed by atoms with Crippen LogP contribution in [0.1, 0.15) is 12.0 Å². The molecule has 0 aromatic carbocycles. The van der Waals surface area contributed by atoms with Crippen molar-refractivity contribution in [1.29, 1.82) is 0 Å². The summed E-state index contributed by atoms with van der Waals surface area (Å²) in [5.41, 5.74) is 6.55. The fourth-order valence-electron chi connectivity index (χ4n) is 1.26. The smallest absolute Gasteiger partial charge is 0.125 e. The molecule has 0 radical (unpaired) electrons. The molecule has 84 valence electrons. The highest BCUT2D eigenvalue weighted by molar-refractivity contribution is 5.35. The minimum Gasteiger partial charge on any atom is -0.370 e. The second kappa shape index (κ2) is 6.37. The van der Waals surface area contributed by atoms with Gasteiger partial charge in [0.15, 0.2) is 0 Å². The zero-order chi connectivity index (χ0) is 11.1. The van der Waals surface area contributed by atoms with Gasteiger partial charge in [0.25, 0.3) is 0 Å². The lowest BCUT2D eigenvalue weighted by atomic mass is 10.3. The molecular formula is C11H20N4. The molecule has 0 fully saturated rings. The highest BCUT2D eigenvalue weighted by atomic mass is 15.1. The monoisotopic (exact) mass is 208 g/mol. The van der Waals surface area contributed by atoms with E-state index in [2.05, 4.69) is 29.3 Å². The maximum Gasteiger partial charge on any atom is 0.125 e. The van der Waals surface area contributed by atoms with Crippen LogP contribution in [0.3, 0.4) is 0 Å². The van der Waals surface area contributed by atoms with E-state index in [1.165, 1.54) is 0 Å². The van der Waals surface area contributed by atoms with Crippen LogP contribution in [-0.2, 0) is 6.54 Å². The summed E-state index contributed by atoms with van der Waals surface area (Å²) in [5, 5.41) is 3.27. The third-order valence-corrected chi connectivity index (χ3v) is 2.15. The van der Waals surface area contributed by atoms with Crippen molar-refractivity contribution < 1.29 is 0 Å². The van der Waals surface area contributed by atoms with E-state index in [-0.39, 0.29) is 0 Å². The second-order valence-corrected chi connectivity index (χ2v) is 3.84. The van der Waals surface area contributed by atoms with Gasteiger partial charge in [0.05, 0.1) is 0 Å². The summed E-state index contributed by atoms with van der Waals surface area (Å²) < 4.78 is 0. The molecule has 4 heteroatoms. The summed E-state index contributed by atoms with van der Waals surface area (Å²) in [7, 11) is 4.16. The van der Waals surface area contributed by atoms with Crippen LogP contribution in [0, 0.1) is 0 Å². The van der Waals surface area contributed by atoms with E-state index >= 15 is 0 Å². The van der Waals surface area contributed by atoms with Crippen LogP contribution in [0.5, 0.6) is 0 Å². The molecule has 3 N–H and O–H groups in total. The number of pyridine rings is 1. The first-order valence-corrected chi connectivity index (χ1v) is 5.26. The minimum absolute atomic E-state index is 0.550. The molecule has 4 nitrogen and oxygen atoms in total. The summed E-state index contributed by atoms with van der Waals surface area (Å²) in [6, 6.07) is 3.97. The third kappa shape index (κ3) is 4.76. The summed E-state index contributed by atoms with van der Waals surface area (Å²) >= 11 is 0. The van der Waals surface area contributed by atoms with Crippen LogP contribution in [-0.4, -0.2) is 37.1 Å². The van der Waals surface area contributed by atoms with Crippen LogP contribution in [0.4, 0.5) is 5.82 Å². The highest BCUT2D eigenvalue weighted by Crippen LogP contribution is 2.04. The number of nitrogens with two attached hydrogens (primary N) is 1. The van der Waals surface area contributed by atoms with Crippen molar-refractivity contribution in [2.75, 3.05) is 32.5 Å². The van der Waals surface area contributed by atoms with Crippen LogP contribution in [0.25, 0.3) is 0 Å². The minimum atomic E-state index is 0.550. The molecule has 1 heterocycles. The summed E-state index contributed by atoms with van der Waals surface area (Å²) in [5.74, 6) is 0.922. The largest absolute Gasteiger partial charge is 0.370 e. The van der Waals surface area contributed by atoms with Crippen molar-refractivity contribution in [1.82, 2.24) is 9.88 Å². The lowest BCUT2D eigenvalue weighted by molar-refractivity contribution is 0.405. The molecule has 0 saturated carbocycles. The van der Waals surface area contributed by atoms with Gasteiger partial charge in [-0.15, -0.1) is 0 Å². The zero-order valence-electron chi connectivity index (χ0n) is 9.53. The fraction of sp³-hybridized carbons (Fsp3) is 0.545. The molecule has 0 aliphatic carbocycles. The van der Waals surface area contributed by atoms with Crippen molar-refractivity contribution in [3.63, 3.8) is 0 Å². The maximum atomic E-state index is 5.49. The second-order valence-electron chi connectivity index (χ2n) is 3.84. The SMILES string of the molecule is CN(C)CCCNc1ccc(CN)cn1. The average Bonchev–Trinajstić information content (AvgIpc) is 2.25. The Hall–Kier alpha value is -1.13. The van der Waals surface area contributed by atoms with Gasteiger partial charge in [-0.2, -0.15) is 0 Å². The molecule has 0 aliphatic heterocycles. The molecule has 0 amide bonds. The lowest BCUT2D eigenvalue weighted by Crippen LogP contribution is -2.16. The normalized spacial score (nSPS) is 10.7. The summed E-state index contributed by atoms with van der Waals surface area (Å²) in [4.78, 5) is 6.43. The Kier molecular flexibility index (Phi) is 5.07. The molecule has 1 aromatic heterocycles. The highest BCUT2D eigenvalue weighted by Gasteiger charge is 1.94. The van der Waals surface area contributed by atoms with Gasteiger partial charge in [0.1, 0.15) is 5.82 Å². The zero-order valence-corrected chi connectivity index (χ0v) is 9.53. The predicted octanol–water partition coefficient (Wildman–Crippen LogP) is 0.904. The Labute approximate surface area is 91.5 Å². The van der Waals surface area contributed by atoms with E-state index in [0.717, 1.165) is 30.9 Å². The summed E-state index contributed by atoms with van der Waals surface area (Å²) in [6.07, 6.45) is 2.93. The number of aromatic nitrogens is 1. The van der Waals surface area contributed by atoms with Crippen molar-refractivity contribution >= 4 is 5.82 Å². The molecule has 0 bridgehead atoms. The first-order valence-electron chi connectivity index (χ1n) is 5.26. The lowest BCUT2D eigenvalue weighted by Gasteiger charge is -2.10. The van der Waals surface area contributed by atoms with Gasteiger partial charge in [0.2, 0.25) is 0 Å². The van der Waals surface area contributed by atoms with E-state index in [1.54, 1.807) is 0 Å². The van der Waals surface area contributed by atoms with Crippen LogP contribution >= 0.6 is 0 Å². The summed E-state index contributed by atoms with van der Waals surface area (Å²) in [6.45, 7) is 2.59. The average molecular weight is 208 g/mol. The number of hydrogen-bond acceptors (Lipinski definition) is 4. The van der Waals surface area contributed by atoms with E-state index in [1.807, 2.05) is 18.3 Å². The van der Waals surface area contributed by atoms with Gasteiger partial charge in [-0.25, -0.2) is 4.98 Å².